The third kappa shape index (κ3) is 2.31. The van der Waals surface area contributed by atoms with Gasteiger partial charge in [-0.2, -0.15) is 0 Å². The van der Waals surface area contributed by atoms with E-state index in [1.165, 1.54) is 10.8 Å². The zero-order chi connectivity index (χ0) is 22.2. The van der Waals surface area contributed by atoms with Crippen molar-refractivity contribution >= 4 is 39.6 Å². The number of fused-ring (bicyclic) bond motifs is 7. The Morgan fingerprint density at radius 1 is 0.676 bits per heavy atom. The highest BCUT2D eigenvalue weighted by atomic mass is 16.5. The van der Waals surface area contributed by atoms with E-state index in [0.29, 0.717) is 0 Å². The first-order valence-corrected chi connectivity index (χ1v) is 11.4. The van der Waals surface area contributed by atoms with Crippen LogP contribution in [0.2, 0.25) is 0 Å². The third-order valence-corrected chi connectivity index (χ3v) is 6.97. The molecular formula is C29H17BN2O2. The lowest BCUT2D eigenvalue weighted by Crippen LogP contribution is -2.53. The van der Waals surface area contributed by atoms with E-state index in [-0.39, 0.29) is 6.92 Å². The van der Waals surface area contributed by atoms with Gasteiger partial charge in [-0.1, -0.05) is 54.6 Å². The van der Waals surface area contributed by atoms with Crippen molar-refractivity contribution in [2.45, 2.75) is 0 Å². The van der Waals surface area contributed by atoms with E-state index >= 15 is 0 Å². The van der Waals surface area contributed by atoms with Gasteiger partial charge >= 0.3 is 6.92 Å². The first-order chi connectivity index (χ1) is 16.9. The van der Waals surface area contributed by atoms with Crippen molar-refractivity contribution in [2.24, 2.45) is 0 Å². The average Bonchev–Trinajstić information content (AvgIpc) is 3.23. The summed E-state index contributed by atoms with van der Waals surface area (Å²) in [6.45, 7) is -0.196. The zero-order valence-corrected chi connectivity index (χ0v) is 18.1. The molecule has 0 atom stereocenters. The molecule has 4 heterocycles. The Kier molecular flexibility index (Phi) is 3.45. The summed E-state index contributed by atoms with van der Waals surface area (Å²) in [5, 5.41) is 2.39. The highest BCUT2D eigenvalue weighted by molar-refractivity contribution is 6.84. The molecule has 0 bridgehead atoms. The van der Waals surface area contributed by atoms with Gasteiger partial charge < -0.3 is 14.0 Å². The van der Waals surface area contributed by atoms with Crippen LogP contribution in [0.3, 0.4) is 0 Å². The fourth-order valence-electron chi connectivity index (χ4n) is 5.52. The Balaban J connectivity index is 1.48. The standard InChI is InChI=1S/C29H17BN2O2/c1-4-10-24-19(7-1)20-13-14-31-17-25(20)32(24)18-15-22-21-8-2-5-11-26(21)34-30-23-9-3-6-12-27(23)33-28(16-18)29(22)30/h1-17H. The molecule has 6 aromatic rings. The van der Waals surface area contributed by atoms with Crippen LogP contribution in [0.5, 0.6) is 17.2 Å². The lowest BCUT2D eigenvalue weighted by Gasteiger charge is -2.33. The van der Waals surface area contributed by atoms with Crippen LogP contribution in [0.4, 0.5) is 0 Å². The minimum Gasteiger partial charge on any atom is -0.551 e. The normalized spacial score (nSPS) is 13.1. The van der Waals surface area contributed by atoms with Gasteiger partial charge in [-0.15, -0.1) is 0 Å². The maximum absolute atomic E-state index is 6.54. The number of aromatic nitrogens is 2. The molecule has 0 aliphatic carbocycles. The smallest absolute Gasteiger partial charge is 0.434 e. The number of nitrogens with zero attached hydrogens (tertiary/aromatic N) is 2. The maximum Gasteiger partial charge on any atom is 0.434 e. The van der Waals surface area contributed by atoms with Gasteiger partial charge in [-0.25, -0.2) is 0 Å². The number of hydrogen-bond donors (Lipinski definition) is 0. The van der Waals surface area contributed by atoms with Crippen LogP contribution >= 0.6 is 0 Å². The first-order valence-electron chi connectivity index (χ1n) is 11.4. The van der Waals surface area contributed by atoms with Gasteiger partial charge in [0.15, 0.2) is 0 Å². The molecule has 0 saturated carbocycles. The molecule has 0 unspecified atom stereocenters. The Labute approximate surface area is 196 Å². The molecule has 0 saturated heterocycles. The molecule has 158 valence electrons. The molecule has 0 fully saturated rings. The molecule has 8 rings (SSSR count). The number of hydrogen-bond acceptors (Lipinski definition) is 3. The number of para-hydroxylation sites is 3. The summed E-state index contributed by atoms with van der Waals surface area (Å²) in [7, 11) is 0. The highest BCUT2D eigenvalue weighted by Crippen LogP contribution is 2.41. The van der Waals surface area contributed by atoms with E-state index in [4.69, 9.17) is 9.39 Å². The van der Waals surface area contributed by atoms with Gasteiger partial charge in [-0.3, -0.25) is 4.98 Å². The van der Waals surface area contributed by atoms with Crippen LogP contribution in [0.25, 0.3) is 38.6 Å². The maximum atomic E-state index is 6.54. The molecule has 0 radical (unpaired) electrons. The van der Waals surface area contributed by atoms with E-state index < -0.39 is 0 Å². The molecule has 0 amide bonds. The van der Waals surface area contributed by atoms with Gasteiger partial charge in [0.05, 0.1) is 22.9 Å². The lowest BCUT2D eigenvalue weighted by atomic mass is 9.51. The molecule has 0 N–H and O–H groups in total. The van der Waals surface area contributed by atoms with Crippen molar-refractivity contribution < 1.29 is 9.39 Å². The number of rotatable bonds is 1. The van der Waals surface area contributed by atoms with Crippen LogP contribution < -0.4 is 20.3 Å². The summed E-state index contributed by atoms with van der Waals surface area (Å²) < 4.78 is 15.3. The predicted octanol–water partition coefficient (Wildman–Crippen LogP) is 5.45. The third-order valence-electron chi connectivity index (χ3n) is 6.97. The SMILES string of the molecule is c1ccc2c(c1)Oc1cc(-n3c4ccccc4c4ccncc43)cc3c1B2Oc1ccccc1-3. The van der Waals surface area contributed by atoms with E-state index in [0.717, 1.165) is 56.0 Å². The fourth-order valence-corrected chi connectivity index (χ4v) is 5.52. The van der Waals surface area contributed by atoms with Crippen LogP contribution in [0, 0.1) is 0 Å². The lowest BCUT2D eigenvalue weighted by molar-refractivity contribution is 0.479. The van der Waals surface area contributed by atoms with Crippen molar-refractivity contribution in [2.75, 3.05) is 0 Å². The molecule has 4 nitrogen and oxygen atoms in total. The van der Waals surface area contributed by atoms with Gasteiger partial charge in [0.25, 0.3) is 0 Å². The Hall–Kier alpha value is -4.51. The second-order valence-electron chi connectivity index (χ2n) is 8.78. The summed E-state index contributed by atoms with van der Waals surface area (Å²) in [5.74, 6) is 2.57. The first kappa shape index (κ1) is 18.0. The number of benzene rings is 4. The van der Waals surface area contributed by atoms with Crippen LogP contribution in [0.1, 0.15) is 0 Å². The van der Waals surface area contributed by atoms with Crippen LogP contribution in [-0.2, 0) is 0 Å². The number of ether oxygens (including phenoxy) is 1. The predicted molar refractivity (Wildman–Crippen MR) is 136 cm³/mol. The molecular weight excluding hydrogens is 419 g/mol. The van der Waals surface area contributed by atoms with Gasteiger partial charge in [0.2, 0.25) is 0 Å². The van der Waals surface area contributed by atoms with Gasteiger partial charge in [0.1, 0.15) is 17.2 Å². The van der Waals surface area contributed by atoms with E-state index in [2.05, 4.69) is 70.2 Å². The van der Waals surface area contributed by atoms with Crippen LogP contribution in [-0.4, -0.2) is 16.5 Å². The minimum absolute atomic E-state index is 0.196. The van der Waals surface area contributed by atoms with E-state index in [1.54, 1.807) is 0 Å². The monoisotopic (exact) mass is 436 g/mol. The summed E-state index contributed by atoms with van der Waals surface area (Å²) >= 11 is 0. The van der Waals surface area contributed by atoms with Crippen molar-refractivity contribution in [3.05, 3.63) is 103 Å². The summed E-state index contributed by atoms with van der Waals surface area (Å²) in [5.41, 5.74) is 7.62. The van der Waals surface area contributed by atoms with Gasteiger partial charge in [0, 0.05) is 39.5 Å². The van der Waals surface area contributed by atoms with E-state index in [9.17, 15) is 0 Å². The van der Waals surface area contributed by atoms with Crippen LogP contribution in [0.15, 0.2) is 103 Å². The summed E-state index contributed by atoms with van der Waals surface area (Å²) in [6.07, 6.45) is 3.80. The second kappa shape index (κ2) is 6.52. The zero-order valence-electron chi connectivity index (χ0n) is 18.1. The fraction of sp³-hybridized carbons (Fsp3) is 0. The molecule has 4 aromatic carbocycles. The Morgan fingerprint density at radius 3 is 2.44 bits per heavy atom. The second-order valence-corrected chi connectivity index (χ2v) is 8.78. The van der Waals surface area contributed by atoms with Crippen molar-refractivity contribution in [3.8, 4) is 34.1 Å². The molecule has 34 heavy (non-hydrogen) atoms. The quantitative estimate of drug-likeness (QED) is 0.322. The molecule has 0 spiro atoms. The van der Waals surface area contributed by atoms with Crippen molar-refractivity contribution in [1.29, 1.82) is 0 Å². The van der Waals surface area contributed by atoms with Crippen molar-refractivity contribution in [1.82, 2.24) is 9.55 Å². The topological polar surface area (TPSA) is 36.3 Å². The Bertz CT molecular complexity index is 1740. The molecule has 2 aromatic heterocycles. The molecule has 5 heteroatoms. The average molecular weight is 436 g/mol. The summed E-state index contributed by atoms with van der Waals surface area (Å²) in [6, 6.07) is 31.4. The summed E-state index contributed by atoms with van der Waals surface area (Å²) in [4.78, 5) is 4.44. The highest BCUT2D eigenvalue weighted by Gasteiger charge is 2.40. The van der Waals surface area contributed by atoms with Gasteiger partial charge in [-0.05, 0) is 35.9 Å². The minimum atomic E-state index is -0.196. The van der Waals surface area contributed by atoms with E-state index in [1.807, 2.05) is 42.7 Å². The molecule has 2 aliphatic rings. The number of pyridine rings is 1. The largest absolute Gasteiger partial charge is 0.551 e. The molecule has 2 aliphatic heterocycles. The van der Waals surface area contributed by atoms with Crippen molar-refractivity contribution in [3.63, 3.8) is 0 Å². The Morgan fingerprint density at radius 2 is 1.47 bits per heavy atom.